The molecule has 1 amide bonds. The fourth-order valence-electron chi connectivity index (χ4n) is 3.95. The first-order valence-electron chi connectivity index (χ1n) is 10.5. The van der Waals surface area contributed by atoms with Crippen LogP contribution < -0.4 is 5.48 Å². The molecule has 0 aliphatic carbocycles. The van der Waals surface area contributed by atoms with Crippen LogP contribution in [0.1, 0.15) is 36.0 Å². The number of rotatable bonds is 8. The van der Waals surface area contributed by atoms with E-state index in [9.17, 15) is 13.6 Å². The Morgan fingerprint density at radius 2 is 1.62 bits per heavy atom. The Morgan fingerprint density at radius 3 is 2.31 bits per heavy atom. The molecule has 0 bridgehead atoms. The van der Waals surface area contributed by atoms with Crippen molar-refractivity contribution in [2.75, 3.05) is 6.61 Å². The summed E-state index contributed by atoms with van der Waals surface area (Å²) in [5.74, 6) is -1.15. The number of hydrogen-bond donors (Lipinski definition) is 1. The molecule has 0 radical (unpaired) electrons. The fourth-order valence-corrected chi connectivity index (χ4v) is 3.95. The predicted octanol–water partition coefficient (Wildman–Crippen LogP) is 5.56. The summed E-state index contributed by atoms with van der Waals surface area (Å²) in [7, 11) is 0. The number of fused-ring (bicyclic) bond motifs is 1. The highest BCUT2D eigenvalue weighted by Crippen LogP contribution is 2.35. The molecule has 0 saturated carbocycles. The van der Waals surface area contributed by atoms with Gasteiger partial charge in [0.2, 0.25) is 5.91 Å². The van der Waals surface area contributed by atoms with Gasteiger partial charge < -0.3 is 4.57 Å². The average molecular weight is 434 g/mol. The number of benzene rings is 3. The molecule has 32 heavy (non-hydrogen) atoms. The Labute approximate surface area is 185 Å². The lowest BCUT2D eigenvalue weighted by molar-refractivity contribution is -0.133. The number of amides is 1. The van der Waals surface area contributed by atoms with Crippen molar-refractivity contribution in [3.05, 3.63) is 107 Å². The third-order valence-electron chi connectivity index (χ3n) is 5.45. The van der Waals surface area contributed by atoms with E-state index in [0.717, 1.165) is 27.6 Å². The van der Waals surface area contributed by atoms with E-state index in [4.69, 9.17) is 4.84 Å². The second-order valence-electron chi connectivity index (χ2n) is 7.62. The lowest BCUT2D eigenvalue weighted by atomic mass is 9.88. The molecule has 6 heteroatoms. The molecule has 0 saturated heterocycles. The highest BCUT2D eigenvalue weighted by atomic mass is 19.1. The lowest BCUT2D eigenvalue weighted by Crippen LogP contribution is -2.25. The van der Waals surface area contributed by atoms with Crippen LogP contribution in [0, 0.1) is 11.6 Å². The van der Waals surface area contributed by atoms with Crippen LogP contribution in [0.5, 0.6) is 0 Å². The van der Waals surface area contributed by atoms with E-state index in [0.29, 0.717) is 13.2 Å². The number of carbonyl (C=O) groups is 1. The molecule has 0 aliphatic rings. The molecule has 1 unspecified atom stereocenters. The van der Waals surface area contributed by atoms with Crippen molar-refractivity contribution in [1.29, 1.82) is 0 Å². The number of hydroxylamine groups is 1. The minimum atomic E-state index is -0.329. The summed E-state index contributed by atoms with van der Waals surface area (Å²) in [6.07, 6.45) is 2.17. The van der Waals surface area contributed by atoms with Gasteiger partial charge in [0.15, 0.2) is 0 Å². The molecule has 1 aromatic heterocycles. The standard InChI is InChI=1S/C26H24F2N2O2/c1-2-32-29-26(31)15-23(19-9-13-21(28)14-10-19)24-17-30(25-6-4-3-5-22(24)25)16-18-7-11-20(27)12-8-18/h3-14,17,23H,2,15-16H2,1H3,(H,29,31). The van der Waals surface area contributed by atoms with Crippen LogP contribution in [0.4, 0.5) is 8.78 Å². The zero-order chi connectivity index (χ0) is 22.5. The molecule has 1 heterocycles. The van der Waals surface area contributed by atoms with Gasteiger partial charge in [-0.15, -0.1) is 0 Å². The zero-order valence-electron chi connectivity index (χ0n) is 17.7. The Kier molecular flexibility index (Phi) is 6.61. The number of hydrogen-bond acceptors (Lipinski definition) is 2. The third-order valence-corrected chi connectivity index (χ3v) is 5.45. The van der Waals surface area contributed by atoms with Gasteiger partial charge in [-0.1, -0.05) is 42.5 Å². The molecule has 1 atom stereocenters. The van der Waals surface area contributed by atoms with E-state index < -0.39 is 0 Å². The molecule has 3 aromatic carbocycles. The largest absolute Gasteiger partial charge is 0.343 e. The van der Waals surface area contributed by atoms with Gasteiger partial charge in [0, 0.05) is 36.0 Å². The second kappa shape index (κ2) is 9.75. The van der Waals surface area contributed by atoms with Crippen molar-refractivity contribution in [2.45, 2.75) is 25.8 Å². The third kappa shape index (κ3) is 4.86. The Hall–Kier alpha value is -3.51. The minimum Gasteiger partial charge on any atom is -0.343 e. The van der Waals surface area contributed by atoms with Crippen LogP contribution in [0.25, 0.3) is 10.9 Å². The van der Waals surface area contributed by atoms with Crippen LogP contribution in [-0.4, -0.2) is 17.1 Å². The Bertz CT molecular complexity index is 1200. The number of nitrogens with zero attached hydrogens (tertiary/aromatic N) is 1. The van der Waals surface area contributed by atoms with Crippen molar-refractivity contribution in [1.82, 2.24) is 10.0 Å². The van der Waals surface area contributed by atoms with Gasteiger partial charge >= 0.3 is 0 Å². The lowest BCUT2D eigenvalue weighted by Gasteiger charge is -2.17. The molecule has 4 aromatic rings. The van der Waals surface area contributed by atoms with Crippen LogP contribution in [-0.2, 0) is 16.2 Å². The van der Waals surface area contributed by atoms with Crippen LogP contribution in [0.2, 0.25) is 0 Å². The van der Waals surface area contributed by atoms with E-state index in [1.54, 1.807) is 31.2 Å². The van der Waals surface area contributed by atoms with Crippen LogP contribution >= 0.6 is 0 Å². The molecule has 1 N–H and O–H groups in total. The SMILES string of the molecule is CCONC(=O)CC(c1ccc(F)cc1)c1cn(Cc2ccc(F)cc2)c2ccccc12. The number of para-hydroxylation sites is 1. The average Bonchev–Trinajstić information content (AvgIpc) is 3.16. The van der Waals surface area contributed by atoms with Gasteiger partial charge in [-0.2, -0.15) is 0 Å². The summed E-state index contributed by atoms with van der Waals surface area (Å²) >= 11 is 0. The van der Waals surface area contributed by atoms with Gasteiger partial charge in [-0.05, 0) is 53.9 Å². The van der Waals surface area contributed by atoms with Gasteiger partial charge in [-0.25, -0.2) is 14.3 Å². The van der Waals surface area contributed by atoms with E-state index in [1.165, 1.54) is 24.3 Å². The maximum Gasteiger partial charge on any atom is 0.244 e. The smallest absolute Gasteiger partial charge is 0.244 e. The molecule has 4 nitrogen and oxygen atoms in total. The van der Waals surface area contributed by atoms with E-state index >= 15 is 0 Å². The summed E-state index contributed by atoms with van der Waals surface area (Å²) < 4.78 is 29.0. The minimum absolute atomic E-state index is 0.149. The van der Waals surface area contributed by atoms with Crippen LogP contribution in [0.3, 0.4) is 0 Å². The Morgan fingerprint density at radius 1 is 0.969 bits per heavy atom. The number of aromatic nitrogens is 1. The first-order chi connectivity index (χ1) is 15.5. The van der Waals surface area contributed by atoms with Crippen molar-refractivity contribution in [3.63, 3.8) is 0 Å². The monoisotopic (exact) mass is 434 g/mol. The quantitative estimate of drug-likeness (QED) is 0.369. The van der Waals surface area contributed by atoms with Crippen molar-refractivity contribution in [2.24, 2.45) is 0 Å². The first kappa shape index (κ1) is 21.7. The van der Waals surface area contributed by atoms with E-state index in [1.807, 2.05) is 30.5 Å². The molecule has 4 rings (SSSR count). The van der Waals surface area contributed by atoms with Gasteiger partial charge in [0.1, 0.15) is 11.6 Å². The Balaban J connectivity index is 1.76. The fraction of sp³-hybridized carbons (Fsp3) is 0.192. The topological polar surface area (TPSA) is 43.3 Å². The van der Waals surface area contributed by atoms with E-state index in [-0.39, 0.29) is 29.9 Å². The predicted molar refractivity (Wildman–Crippen MR) is 120 cm³/mol. The highest BCUT2D eigenvalue weighted by Gasteiger charge is 2.23. The number of halogens is 2. The number of carbonyl (C=O) groups excluding carboxylic acids is 1. The summed E-state index contributed by atoms with van der Waals surface area (Å²) in [6.45, 7) is 2.72. The van der Waals surface area contributed by atoms with Crippen molar-refractivity contribution >= 4 is 16.8 Å². The van der Waals surface area contributed by atoms with Crippen molar-refractivity contribution < 1.29 is 18.4 Å². The first-order valence-corrected chi connectivity index (χ1v) is 10.5. The molecule has 0 aliphatic heterocycles. The summed E-state index contributed by atoms with van der Waals surface area (Å²) in [6, 6.07) is 20.6. The number of nitrogens with one attached hydrogen (secondary N) is 1. The molecule has 164 valence electrons. The summed E-state index contributed by atoms with van der Waals surface area (Å²) in [4.78, 5) is 17.6. The van der Waals surface area contributed by atoms with Crippen molar-refractivity contribution in [3.8, 4) is 0 Å². The van der Waals surface area contributed by atoms with Gasteiger partial charge in [0.25, 0.3) is 0 Å². The molecule has 0 spiro atoms. The zero-order valence-corrected chi connectivity index (χ0v) is 17.7. The van der Waals surface area contributed by atoms with Gasteiger partial charge in [0.05, 0.1) is 6.61 Å². The van der Waals surface area contributed by atoms with Gasteiger partial charge in [-0.3, -0.25) is 9.63 Å². The second-order valence-corrected chi connectivity index (χ2v) is 7.62. The maximum absolute atomic E-state index is 13.6. The molecular weight excluding hydrogens is 410 g/mol. The van der Waals surface area contributed by atoms with E-state index in [2.05, 4.69) is 10.0 Å². The highest BCUT2D eigenvalue weighted by molar-refractivity contribution is 5.86. The normalized spacial score (nSPS) is 12.1. The molecular formula is C26H24F2N2O2. The summed E-state index contributed by atoms with van der Waals surface area (Å²) in [5.41, 5.74) is 6.22. The summed E-state index contributed by atoms with van der Waals surface area (Å²) in [5, 5.41) is 1.01. The van der Waals surface area contributed by atoms with Crippen LogP contribution in [0.15, 0.2) is 79.0 Å². The maximum atomic E-state index is 13.6. The molecule has 0 fully saturated rings.